The van der Waals surface area contributed by atoms with Crippen LogP contribution in [0.15, 0.2) is 18.2 Å². The molecule has 1 aromatic rings. The smallest absolute Gasteiger partial charge is 0.411 e. The van der Waals surface area contributed by atoms with Gasteiger partial charge in [0, 0.05) is 11.3 Å². The molecule has 0 bridgehead atoms. The minimum Gasteiger partial charge on any atom is -0.449 e. The summed E-state index contributed by atoms with van der Waals surface area (Å²) in [5, 5.41) is 2.86. The zero-order valence-corrected chi connectivity index (χ0v) is 11.4. The number of Topliss-reactive ketones (excluding diaryl/α,β-unsaturated/α-hetero) is 1. The average molecular weight is 270 g/mol. The predicted octanol–water partition coefficient (Wildman–Crippen LogP) is 3.75. The molecule has 0 saturated heterocycles. The Morgan fingerprint density at radius 1 is 1.39 bits per heavy atom. The molecule has 1 amide bonds. The molecular weight excluding hydrogens is 254 g/mol. The van der Waals surface area contributed by atoms with Crippen molar-refractivity contribution < 1.29 is 14.3 Å². The van der Waals surface area contributed by atoms with Gasteiger partial charge in [0.1, 0.15) is 0 Å². The standard InChI is InChI=1S/C13H16ClNO3/c1-8(2)7-18-13(17)15-10-4-5-11(9(3)16)12(14)6-10/h4-6,8H,7H2,1-3H3,(H,15,17). The van der Waals surface area contributed by atoms with Crippen molar-refractivity contribution in [2.24, 2.45) is 5.92 Å². The monoisotopic (exact) mass is 269 g/mol. The van der Waals surface area contributed by atoms with E-state index in [1.165, 1.54) is 13.0 Å². The second-order valence-electron chi connectivity index (χ2n) is 4.37. The second-order valence-corrected chi connectivity index (χ2v) is 4.78. The first-order valence-electron chi connectivity index (χ1n) is 5.64. The third kappa shape index (κ3) is 4.37. The van der Waals surface area contributed by atoms with E-state index < -0.39 is 6.09 Å². The fourth-order valence-corrected chi connectivity index (χ4v) is 1.59. The molecule has 1 rings (SSSR count). The van der Waals surface area contributed by atoms with Crippen molar-refractivity contribution in [3.63, 3.8) is 0 Å². The number of amides is 1. The van der Waals surface area contributed by atoms with E-state index in [0.29, 0.717) is 22.9 Å². The topological polar surface area (TPSA) is 55.4 Å². The number of ketones is 1. The predicted molar refractivity (Wildman–Crippen MR) is 71.3 cm³/mol. The minimum absolute atomic E-state index is 0.117. The molecule has 1 aromatic carbocycles. The molecule has 98 valence electrons. The van der Waals surface area contributed by atoms with E-state index in [4.69, 9.17) is 16.3 Å². The van der Waals surface area contributed by atoms with Gasteiger partial charge >= 0.3 is 6.09 Å². The number of benzene rings is 1. The van der Waals surface area contributed by atoms with E-state index in [-0.39, 0.29) is 11.7 Å². The molecule has 0 aliphatic rings. The van der Waals surface area contributed by atoms with Crippen LogP contribution in [0.5, 0.6) is 0 Å². The molecule has 0 aromatic heterocycles. The maximum atomic E-state index is 11.4. The summed E-state index contributed by atoms with van der Waals surface area (Å²) in [5.74, 6) is 0.161. The zero-order chi connectivity index (χ0) is 13.7. The van der Waals surface area contributed by atoms with Gasteiger partial charge in [0.2, 0.25) is 0 Å². The van der Waals surface area contributed by atoms with Crippen LogP contribution in [0.4, 0.5) is 10.5 Å². The third-order valence-electron chi connectivity index (χ3n) is 2.14. The molecule has 18 heavy (non-hydrogen) atoms. The molecule has 0 atom stereocenters. The lowest BCUT2D eigenvalue weighted by atomic mass is 10.1. The number of anilines is 1. The van der Waals surface area contributed by atoms with Crippen LogP contribution < -0.4 is 5.32 Å². The van der Waals surface area contributed by atoms with Gasteiger partial charge in [-0.25, -0.2) is 4.79 Å². The summed E-state index contributed by atoms with van der Waals surface area (Å²) in [6.07, 6.45) is -0.532. The van der Waals surface area contributed by atoms with Crippen LogP contribution in [0.25, 0.3) is 0 Å². The van der Waals surface area contributed by atoms with Crippen LogP contribution in [-0.4, -0.2) is 18.5 Å². The normalized spacial score (nSPS) is 10.3. The molecular formula is C13H16ClNO3. The van der Waals surface area contributed by atoms with Gasteiger partial charge in [0.05, 0.1) is 11.6 Å². The van der Waals surface area contributed by atoms with Crippen molar-refractivity contribution in [1.29, 1.82) is 0 Å². The Morgan fingerprint density at radius 2 is 2.06 bits per heavy atom. The van der Waals surface area contributed by atoms with Gasteiger partial charge in [-0.1, -0.05) is 25.4 Å². The largest absolute Gasteiger partial charge is 0.449 e. The molecule has 0 saturated carbocycles. The molecule has 0 aliphatic carbocycles. The van der Waals surface area contributed by atoms with Crippen molar-refractivity contribution in [1.82, 2.24) is 0 Å². The Hall–Kier alpha value is -1.55. The number of nitrogens with one attached hydrogen (secondary N) is 1. The highest BCUT2D eigenvalue weighted by molar-refractivity contribution is 6.34. The second kappa shape index (κ2) is 6.40. The van der Waals surface area contributed by atoms with Crippen molar-refractivity contribution in [3.05, 3.63) is 28.8 Å². The summed E-state index contributed by atoms with van der Waals surface area (Å²) < 4.78 is 4.96. The number of ether oxygens (including phenoxy) is 1. The van der Waals surface area contributed by atoms with Gasteiger partial charge < -0.3 is 4.74 Å². The van der Waals surface area contributed by atoms with Crippen LogP contribution >= 0.6 is 11.6 Å². The van der Waals surface area contributed by atoms with E-state index in [1.54, 1.807) is 12.1 Å². The van der Waals surface area contributed by atoms with Crippen molar-refractivity contribution in [2.45, 2.75) is 20.8 Å². The van der Waals surface area contributed by atoms with Crippen LogP contribution in [0, 0.1) is 5.92 Å². The summed E-state index contributed by atoms with van der Waals surface area (Å²) in [7, 11) is 0. The first kappa shape index (κ1) is 14.5. The van der Waals surface area contributed by atoms with Crippen LogP contribution in [-0.2, 0) is 4.74 Å². The Balaban J connectivity index is 2.66. The van der Waals surface area contributed by atoms with E-state index in [9.17, 15) is 9.59 Å². The fourth-order valence-electron chi connectivity index (χ4n) is 1.27. The summed E-state index contributed by atoms with van der Waals surface area (Å²) in [5.41, 5.74) is 0.927. The fraction of sp³-hybridized carbons (Fsp3) is 0.385. The Kier molecular flexibility index (Phi) is 5.16. The third-order valence-corrected chi connectivity index (χ3v) is 2.46. The summed E-state index contributed by atoms with van der Waals surface area (Å²) in [6.45, 7) is 5.69. The number of halogens is 1. The maximum absolute atomic E-state index is 11.4. The molecule has 5 heteroatoms. The number of rotatable bonds is 4. The van der Waals surface area contributed by atoms with E-state index in [2.05, 4.69) is 5.32 Å². The maximum Gasteiger partial charge on any atom is 0.411 e. The quantitative estimate of drug-likeness (QED) is 0.847. The molecule has 4 nitrogen and oxygen atoms in total. The van der Waals surface area contributed by atoms with E-state index in [0.717, 1.165) is 0 Å². The van der Waals surface area contributed by atoms with E-state index in [1.807, 2.05) is 13.8 Å². The van der Waals surface area contributed by atoms with Crippen molar-refractivity contribution >= 4 is 29.2 Å². The molecule has 0 spiro atoms. The SMILES string of the molecule is CC(=O)c1ccc(NC(=O)OCC(C)C)cc1Cl. The molecule has 0 unspecified atom stereocenters. The first-order chi connectivity index (χ1) is 8.40. The van der Waals surface area contributed by atoms with Gasteiger partial charge in [-0.2, -0.15) is 0 Å². The number of hydrogen-bond acceptors (Lipinski definition) is 3. The minimum atomic E-state index is -0.532. The van der Waals surface area contributed by atoms with Crippen molar-refractivity contribution in [2.75, 3.05) is 11.9 Å². The summed E-state index contributed by atoms with van der Waals surface area (Å²) >= 11 is 5.92. The highest BCUT2D eigenvalue weighted by Gasteiger charge is 2.09. The number of hydrogen-bond donors (Lipinski definition) is 1. The van der Waals surface area contributed by atoms with Gasteiger partial charge in [-0.3, -0.25) is 10.1 Å². The lowest BCUT2D eigenvalue weighted by Gasteiger charge is -2.09. The highest BCUT2D eigenvalue weighted by Crippen LogP contribution is 2.21. The van der Waals surface area contributed by atoms with Crippen LogP contribution in [0.3, 0.4) is 0 Å². The van der Waals surface area contributed by atoms with Crippen LogP contribution in [0.2, 0.25) is 5.02 Å². The molecule has 0 radical (unpaired) electrons. The molecule has 0 fully saturated rings. The highest BCUT2D eigenvalue weighted by atomic mass is 35.5. The zero-order valence-electron chi connectivity index (χ0n) is 10.6. The first-order valence-corrected chi connectivity index (χ1v) is 6.02. The lowest BCUT2D eigenvalue weighted by molar-refractivity contribution is 0.101. The Labute approximate surface area is 111 Å². The Bertz CT molecular complexity index is 458. The van der Waals surface area contributed by atoms with Crippen molar-refractivity contribution in [3.8, 4) is 0 Å². The molecule has 1 N–H and O–H groups in total. The number of carbonyl (C=O) groups excluding carboxylic acids is 2. The molecule has 0 aliphatic heterocycles. The molecule has 0 heterocycles. The van der Waals surface area contributed by atoms with Gasteiger partial charge in [-0.15, -0.1) is 0 Å². The average Bonchev–Trinajstić information content (AvgIpc) is 2.26. The van der Waals surface area contributed by atoms with Gasteiger partial charge in [0.25, 0.3) is 0 Å². The lowest BCUT2D eigenvalue weighted by Crippen LogP contribution is -2.16. The Morgan fingerprint density at radius 3 is 2.56 bits per heavy atom. The van der Waals surface area contributed by atoms with E-state index >= 15 is 0 Å². The van der Waals surface area contributed by atoms with Gasteiger partial charge in [0.15, 0.2) is 5.78 Å². The summed E-state index contributed by atoms with van der Waals surface area (Å²) in [6, 6.07) is 4.71. The van der Waals surface area contributed by atoms with Crippen LogP contribution in [0.1, 0.15) is 31.1 Å². The number of carbonyl (C=O) groups is 2. The summed E-state index contributed by atoms with van der Waals surface area (Å²) in [4.78, 5) is 22.6. The van der Waals surface area contributed by atoms with Gasteiger partial charge in [-0.05, 0) is 31.0 Å².